The molecule has 1 aliphatic rings. The number of nitrogens with zero attached hydrogens (tertiary/aromatic N) is 2. The van der Waals surface area contributed by atoms with E-state index in [0.717, 1.165) is 5.56 Å². The first kappa shape index (κ1) is 18.1. The molecule has 1 aliphatic heterocycles. The molecule has 2 amide bonds. The van der Waals surface area contributed by atoms with Gasteiger partial charge < -0.3 is 19.3 Å². The number of likely N-dealkylation sites (tertiary alicyclic amines) is 1. The van der Waals surface area contributed by atoms with E-state index in [4.69, 9.17) is 9.47 Å². The molecular weight excluding hydrogens is 308 g/mol. The van der Waals surface area contributed by atoms with Gasteiger partial charge in [-0.15, -0.1) is 0 Å². The minimum atomic E-state index is -0.542. The molecule has 0 spiro atoms. The van der Waals surface area contributed by atoms with Crippen LogP contribution in [0.25, 0.3) is 0 Å². The molecular formula is C18H26N2O4. The van der Waals surface area contributed by atoms with Crippen molar-refractivity contribution in [2.75, 3.05) is 20.1 Å². The number of likely N-dealkylation sites (N-methyl/N-ethyl adjacent to an activating group) is 1. The third kappa shape index (κ3) is 4.40. The predicted octanol–water partition coefficient (Wildman–Crippen LogP) is 3.26. The van der Waals surface area contributed by atoms with Crippen molar-refractivity contribution in [2.45, 2.75) is 45.4 Å². The third-order valence-electron chi connectivity index (χ3n) is 4.00. The Morgan fingerprint density at radius 1 is 1.21 bits per heavy atom. The molecule has 0 aromatic heterocycles. The smallest absolute Gasteiger partial charge is 0.410 e. The Morgan fingerprint density at radius 2 is 1.79 bits per heavy atom. The fourth-order valence-corrected chi connectivity index (χ4v) is 2.48. The van der Waals surface area contributed by atoms with Crippen LogP contribution in [0.5, 0.6) is 0 Å². The van der Waals surface area contributed by atoms with E-state index < -0.39 is 11.1 Å². The lowest BCUT2D eigenvalue weighted by Gasteiger charge is -2.51. The molecule has 6 nitrogen and oxygen atoms in total. The van der Waals surface area contributed by atoms with Crippen LogP contribution in [0.4, 0.5) is 9.59 Å². The second-order valence-corrected chi connectivity index (χ2v) is 7.43. The standard InChI is InChI=1S/C18H26N2O4/c1-17(2,3)24-15(21)19(5)18(4)12-20(13-18)16(22)23-11-14-9-7-6-8-10-14/h6-10H,11-13H2,1-5H3. The molecule has 0 N–H and O–H groups in total. The second-order valence-electron chi connectivity index (χ2n) is 7.43. The highest BCUT2D eigenvalue weighted by Gasteiger charge is 2.47. The maximum absolute atomic E-state index is 12.2. The Kier molecular flexibility index (Phi) is 5.06. The van der Waals surface area contributed by atoms with Gasteiger partial charge in [-0.2, -0.15) is 0 Å². The van der Waals surface area contributed by atoms with Crippen LogP contribution in [0, 0.1) is 0 Å². The number of carbonyl (C=O) groups excluding carboxylic acids is 2. The number of rotatable bonds is 3. The number of hydrogen-bond donors (Lipinski definition) is 0. The zero-order valence-corrected chi connectivity index (χ0v) is 15.0. The summed E-state index contributed by atoms with van der Waals surface area (Å²) in [6.07, 6.45) is -0.754. The van der Waals surface area contributed by atoms with Gasteiger partial charge in [0.2, 0.25) is 0 Å². The molecule has 1 saturated heterocycles. The monoisotopic (exact) mass is 334 g/mol. The van der Waals surface area contributed by atoms with E-state index in [0.29, 0.717) is 13.1 Å². The van der Waals surface area contributed by atoms with E-state index in [1.54, 1.807) is 16.8 Å². The van der Waals surface area contributed by atoms with Crippen molar-refractivity contribution in [3.63, 3.8) is 0 Å². The minimum absolute atomic E-state index is 0.245. The Labute approximate surface area is 143 Å². The van der Waals surface area contributed by atoms with Crippen LogP contribution in [0.15, 0.2) is 30.3 Å². The molecule has 132 valence electrons. The zero-order valence-electron chi connectivity index (χ0n) is 15.0. The molecule has 24 heavy (non-hydrogen) atoms. The van der Waals surface area contributed by atoms with Gasteiger partial charge in [0, 0.05) is 20.1 Å². The molecule has 2 rings (SSSR count). The van der Waals surface area contributed by atoms with E-state index in [-0.39, 0.29) is 18.8 Å². The Morgan fingerprint density at radius 3 is 2.33 bits per heavy atom. The summed E-state index contributed by atoms with van der Waals surface area (Å²) in [4.78, 5) is 27.4. The zero-order chi connectivity index (χ0) is 18.0. The summed E-state index contributed by atoms with van der Waals surface area (Å²) in [6.45, 7) is 8.51. The van der Waals surface area contributed by atoms with Crippen molar-refractivity contribution in [3.8, 4) is 0 Å². The van der Waals surface area contributed by atoms with Crippen LogP contribution in [0.2, 0.25) is 0 Å². The van der Waals surface area contributed by atoms with Gasteiger partial charge in [-0.25, -0.2) is 9.59 Å². The van der Waals surface area contributed by atoms with Crippen molar-refractivity contribution >= 4 is 12.2 Å². The SMILES string of the molecule is CN(C(=O)OC(C)(C)C)C1(C)CN(C(=O)OCc2ccccc2)C1. The van der Waals surface area contributed by atoms with Crippen LogP contribution in [-0.4, -0.2) is 53.3 Å². The van der Waals surface area contributed by atoms with E-state index in [2.05, 4.69) is 0 Å². The van der Waals surface area contributed by atoms with E-state index in [1.807, 2.05) is 58.0 Å². The maximum atomic E-state index is 12.2. The molecule has 0 unspecified atom stereocenters. The lowest BCUT2D eigenvalue weighted by Crippen LogP contribution is -2.70. The van der Waals surface area contributed by atoms with E-state index in [1.165, 1.54) is 0 Å². The Balaban J connectivity index is 1.82. The molecule has 0 aliphatic carbocycles. The summed E-state index contributed by atoms with van der Waals surface area (Å²) in [5, 5.41) is 0. The summed E-state index contributed by atoms with van der Waals surface area (Å²) in [5.41, 5.74) is -0.0339. The summed E-state index contributed by atoms with van der Waals surface area (Å²) >= 11 is 0. The average molecular weight is 334 g/mol. The highest BCUT2D eigenvalue weighted by molar-refractivity contribution is 5.72. The highest BCUT2D eigenvalue weighted by Crippen LogP contribution is 2.28. The summed E-state index contributed by atoms with van der Waals surface area (Å²) in [6, 6.07) is 9.53. The van der Waals surface area contributed by atoms with Crippen molar-refractivity contribution in [1.29, 1.82) is 0 Å². The third-order valence-corrected chi connectivity index (χ3v) is 4.00. The number of benzene rings is 1. The second kappa shape index (κ2) is 6.71. The summed E-state index contributed by atoms with van der Waals surface area (Å²) in [5.74, 6) is 0. The molecule has 0 bridgehead atoms. The number of amides is 2. The molecule has 1 aromatic carbocycles. The first-order valence-corrected chi connectivity index (χ1v) is 8.03. The van der Waals surface area contributed by atoms with Gasteiger partial charge in [0.15, 0.2) is 0 Å². The van der Waals surface area contributed by atoms with Gasteiger partial charge in [0.1, 0.15) is 12.2 Å². The van der Waals surface area contributed by atoms with Gasteiger partial charge in [0.25, 0.3) is 0 Å². The van der Waals surface area contributed by atoms with Gasteiger partial charge in [0.05, 0.1) is 5.54 Å². The van der Waals surface area contributed by atoms with Crippen molar-refractivity contribution in [3.05, 3.63) is 35.9 Å². The Hall–Kier alpha value is -2.24. The Bertz CT molecular complexity index is 589. The van der Waals surface area contributed by atoms with Gasteiger partial charge in [-0.1, -0.05) is 30.3 Å². The van der Waals surface area contributed by atoms with E-state index >= 15 is 0 Å². The van der Waals surface area contributed by atoms with Gasteiger partial charge >= 0.3 is 12.2 Å². The van der Waals surface area contributed by atoms with Gasteiger partial charge in [-0.3, -0.25) is 0 Å². The van der Waals surface area contributed by atoms with Crippen LogP contribution >= 0.6 is 0 Å². The first-order valence-electron chi connectivity index (χ1n) is 8.03. The van der Waals surface area contributed by atoms with Gasteiger partial charge in [-0.05, 0) is 33.3 Å². The average Bonchev–Trinajstić information content (AvgIpc) is 2.48. The minimum Gasteiger partial charge on any atom is -0.445 e. The maximum Gasteiger partial charge on any atom is 0.410 e. The number of hydrogen-bond acceptors (Lipinski definition) is 4. The van der Waals surface area contributed by atoms with Crippen LogP contribution < -0.4 is 0 Å². The molecule has 0 atom stereocenters. The van der Waals surface area contributed by atoms with Crippen molar-refractivity contribution in [1.82, 2.24) is 9.80 Å². The molecule has 6 heteroatoms. The summed E-state index contributed by atoms with van der Waals surface area (Å²) in [7, 11) is 1.70. The topological polar surface area (TPSA) is 59.1 Å². The fourth-order valence-electron chi connectivity index (χ4n) is 2.48. The summed E-state index contributed by atoms with van der Waals surface area (Å²) < 4.78 is 10.7. The van der Waals surface area contributed by atoms with E-state index in [9.17, 15) is 9.59 Å². The van der Waals surface area contributed by atoms with Crippen LogP contribution in [0.3, 0.4) is 0 Å². The van der Waals surface area contributed by atoms with Crippen molar-refractivity contribution < 1.29 is 19.1 Å². The number of ether oxygens (including phenoxy) is 2. The lowest BCUT2D eigenvalue weighted by atomic mass is 9.91. The number of carbonyl (C=O) groups is 2. The largest absolute Gasteiger partial charge is 0.445 e. The molecule has 1 heterocycles. The van der Waals surface area contributed by atoms with Crippen LogP contribution in [-0.2, 0) is 16.1 Å². The molecule has 0 radical (unpaired) electrons. The lowest BCUT2D eigenvalue weighted by molar-refractivity contribution is -0.0438. The van der Waals surface area contributed by atoms with Crippen molar-refractivity contribution in [2.24, 2.45) is 0 Å². The predicted molar refractivity (Wildman–Crippen MR) is 90.6 cm³/mol. The molecule has 1 aromatic rings. The quantitative estimate of drug-likeness (QED) is 0.851. The molecule has 0 saturated carbocycles. The fraction of sp³-hybridized carbons (Fsp3) is 0.556. The first-order chi connectivity index (χ1) is 11.1. The molecule has 1 fully saturated rings. The van der Waals surface area contributed by atoms with Crippen LogP contribution in [0.1, 0.15) is 33.3 Å². The normalized spacial score (nSPS) is 16.1. The highest BCUT2D eigenvalue weighted by atomic mass is 16.6.